The Morgan fingerprint density at radius 2 is 1.76 bits per heavy atom. The molecule has 9 heteroatoms. The van der Waals surface area contributed by atoms with Crippen LogP contribution in [0.25, 0.3) is 0 Å². The molecule has 158 valence electrons. The van der Waals surface area contributed by atoms with Gasteiger partial charge in [0.05, 0.1) is 17.0 Å². The van der Waals surface area contributed by atoms with Gasteiger partial charge >= 0.3 is 6.18 Å². The van der Waals surface area contributed by atoms with Crippen molar-refractivity contribution >= 4 is 33.2 Å². The van der Waals surface area contributed by atoms with Gasteiger partial charge in [-0.25, -0.2) is 8.42 Å². The average molecular weight is 446 g/mol. The number of nitrogens with one attached hydrogen (secondary N) is 1. The Morgan fingerprint density at radius 1 is 1.14 bits per heavy atom. The van der Waals surface area contributed by atoms with E-state index in [1.807, 2.05) is 13.8 Å². The summed E-state index contributed by atoms with van der Waals surface area (Å²) in [5.41, 5.74) is -0.607. The van der Waals surface area contributed by atoms with E-state index in [4.69, 9.17) is 0 Å². The van der Waals surface area contributed by atoms with E-state index in [1.165, 1.54) is 42.1 Å². The van der Waals surface area contributed by atoms with Crippen molar-refractivity contribution in [3.8, 4) is 0 Å². The van der Waals surface area contributed by atoms with Crippen LogP contribution in [0.2, 0.25) is 0 Å². The van der Waals surface area contributed by atoms with Crippen LogP contribution in [0, 0.1) is 0 Å². The molecule has 29 heavy (non-hydrogen) atoms. The summed E-state index contributed by atoms with van der Waals surface area (Å²) in [4.78, 5) is 12.9. The summed E-state index contributed by atoms with van der Waals surface area (Å²) in [6.07, 6.45) is -2.71. The fourth-order valence-corrected chi connectivity index (χ4v) is 4.27. The van der Waals surface area contributed by atoms with Crippen LogP contribution >= 0.6 is 11.8 Å². The minimum absolute atomic E-state index is 0.133. The number of anilines is 1. The molecule has 0 aliphatic heterocycles. The van der Waals surface area contributed by atoms with Crippen LogP contribution in [-0.2, 0) is 21.8 Å². The van der Waals surface area contributed by atoms with Crippen LogP contribution in [0.1, 0.15) is 41.8 Å². The molecule has 0 aromatic heterocycles. The first-order valence-corrected chi connectivity index (χ1v) is 11.8. The lowest BCUT2D eigenvalue weighted by Gasteiger charge is -2.16. The summed E-state index contributed by atoms with van der Waals surface area (Å²) in [5.74, 6) is -0.883. The molecular weight excluding hydrogens is 423 g/mol. The van der Waals surface area contributed by atoms with Crippen molar-refractivity contribution in [2.75, 3.05) is 11.6 Å². The number of carbonyl (C=O) groups is 1. The Bertz CT molecular complexity index is 971. The Kier molecular flexibility index (Phi) is 7.40. The summed E-state index contributed by atoms with van der Waals surface area (Å²) < 4.78 is 63.1. The van der Waals surface area contributed by atoms with Crippen LogP contribution in [-0.4, -0.2) is 25.8 Å². The maximum atomic E-state index is 13.5. The Labute approximate surface area is 172 Å². The molecule has 0 bridgehead atoms. The Hall–Kier alpha value is -2.00. The summed E-state index contributed by atoms with van der Waals surface area (Å²) >= 11 is 1.34. The summed E-state index contributed by atoms with van der Waals surface area (Å²) in [5, 5.41) is 2.48. The van der Waals surface area contributed by atoms with Gasteiger partial charge < -0.3 is 5.32 Å². The second-order valence-corrected chi connectivity index (χ2v) is 10.4. The van der Waals surface area contributed by atoms with Crippen molar-refractivity contribution in [2.24, 2.45) is 0 Å². The maximum absolute atomic E-state index is 13.5. The van der Waals surface area contributed by atoms with Crippen LogP contribution in [0.3, 0.4) is 0 Å². The highest BCUT2D eigenvalue weighted by Crippen LogP contribution is 2.38. The van der Waals surface area contributed by atoms with Crippen LogP contribution in [0.5, 0.6) is 0 Å². The molecule has 2 aromatic rings. The van der Waals surface area contributed by atoms with Gasteiger partial charge in [0.1, 0.15) is 0 Å². The maximum Gasteiger partial charge on any atom is 0.418 e. The second kappa shape index (κ2) is 9.21. The first kappa shape index (κ1) is 23.3. The molecule has 1 amide bonds. The molecule has 0 saturated carbocycles. The third kappa shape index (κ3) is 7.08. The van der Waals surface area contributed by atoms with E-state index in [0.29, 0.717) is 10.5 Å². The lowest BCUT2D eigenvalue weighted by atomic mass is 10.1. The average Bonchev–Trinajstić information content (AvgIpc) is 2.61. The summed E-state index contributed by atoms with van der Waals surface area (Å²) in [7, 11) is -3.22. The van der Waals surface area contributed by atoms with Crippen molar-refractivity contribution < 1.29 is 26.4 Å². The SMILES string of the molecule is CCC(C)Sc1ccc(NC(=O)c2ccc(CS(C)(=O)=O)cc2)c(C(F)(F)F)c1. The normalized spacial score (nSPS) is 13.2. The molecule has 0 aliphatic carbocycles. The van der Waals surface area contributed by atoms with Gasteiger partial charge in [-0.15, -0.1) is 11.8 Å². The fourth-order valence-electron chi connectivity index (χ4n) is 2.51. The zero-order chi connectivity index (χ0) is 21.8. The Balaban J connectivity index is 2.24. The van der Waals surface area contributed by atoms with Gasteiger partial charge in [-0.2, -0.15) is 13.2 Å². The van der Waals surface area contributed by atoms with Gasteiger partial charge in [-0.3, -0.25) is 4.79 Å². The number of thioether (sulfide) groups is 1. The van der Waals surface area contributed by atoms with E-state index in [2.05, 4.69) is 5.32 Å². The van der Waals surface area contributed by atoms with E-state index < -0.39 is 27.5 Å². The molecule has 1 unspecified atom stereocenters. The lowest BCUT2D eigenvalue weighted by Crippen LogP contribution is -2.17. The monoisotopic (exact) mass is 445 g/mol. The van der Waals surface area contributed by atoms with Crippen LogP contribution in [0.15, 0.2) is 47.4 Å². The molecule has 0 heterocycles. The third-order valence-corrected chi connectivity index (χ3v) is 6.22. The molecule has 0 fully saturated rings. The quantitative estimate of drug-likeness (QED) is 0.580. The fraction of sp³-hybridized carbons (Fsp3) is 0.350. The minimum atomic E-state index is -4.62. The zero-order valence-corrected chi connectivity index (χ0v) is 17.8. The topological polar surface area (TPSA) is 63.2 Å². The summed E-state index contributed by atoms with van der Waals surface area (Å²) in [6, 6.07) is 9.55. The predicted molar refractivity (Wildman–Crippen MR) is 110 cm³/mol. The molecule has 0 radical (unpaired) electrons. The molecule has 0 spiro atoms. The molecule has 4 nitrogen and oxygen atoms in total. The molecule has 1 N–H and O–H groups in total. The minimum Gasteiger partial charge on any atom is -0.321 e. The highest BCUT2D eigenvalue weighted by molar-refractivity contribution is 7.99. The van der Waals surface area contributed by atoms with Gasteiger partial charge in [-0.1, -0.05) is 26.0 Å². The number of carbonyl (C=O) groups excluding carboxylic acids is 1. The number of hydrogen-bond donors (Lipinski definition) is 1. The molecule has 0 aliphatic rings. The van der Waals surface area contributed by atoms with Gasteiger partial charge in [0.15, 0.2) is 9.84 Å². The molecule has 2 rings (SSSR count). The number of alkyl halides is 3. The largest absolute Gasteiger partial charge is 0.418 e. The van der Waals surface area contributed by atoms with Gasteiger partial charge in [0.25, 0.3) is 5.91 Å². The second-order valence-electron chi connectivity index (χ2n) is 6.76. The highest BCUT2D eigenvalue weighted by Gasteiger charge is 2.34. The van der Waals surface area contributed by atoms with E-state index in [0.717, 1.165) is 18.7 Å². The van der Waals surface area contributed by atoms with Gasteiger partial charge in [-0.05, 0) is 42.3 Å². The van der Waals surface area contributed by atoms with Crippen molar-refractivity contribution in [3.63, 3.8) is 0 Å². The van der Waals surface area contributed by atoms with Gasteiger partial charge in [0, 0.05) is 22.0 Å². The first-order valence-electron chi connectivity index (χ1n) is 8.85. The number of hydrogen-bond acceptors (Lipinski definition) is 4. The zero-order valence-electron chi connectivity index (χ0n) is 16.2. The Morgan fingerprint density at radius 3 is 2.28 bits per heavy atom. The van der Waals surface area contributed by atoms with Crippen molar-refractivity contribution in [1.82, 2.24) is 0 Å². The number of amides is 1. The highest BCUT2D eigenvalue weighted by atomic mass is 32.2. The third-order valence-electron chi connectivity index (χ3n) is 4.10. The lowest BCUT2D eigenvalue weighted by molar-refractivity contribution is -0.137. The molecule has 2 aromatic carbocycles. The van der Waals surface area contributed by atoms with Crippen molar-refractivity contribution in [1.29, 1.82) is 0 Å². The number of halogens is 3. The van der Waals surface area contributed by atoms with E-state index >= 15 is 0 Å². The number of rotatable bonds is 7. The van der Waals surface area contributed by atoms with Gasteiger partial charge in [0.2, 0.25) is 0 Å². The van der Waals surface area contributed by atoms with E-state index in [-0.39, 0.29) is 22.3 Å². The number of sulfone groups is 1. The number of benzene rings is 2. The van der Waals surface area contributed by atoms with E-state index in [9.17, 15) is 26.4 Å². The van der Waals surface area contributed by atoms with Crippen LogP contribution in [0.4, 0.5) is 18.9 Å². The molecule has 1 atom stereocenters. The van der Waals surface area contributed by atoms with Crippen LogP contribution < -0.4 is 5.32 Å². The summed E-state index contributed by atoms with van der Waals surface area (Å²) in [6.45, 7) is 3.89. The molecule has 0 saturated heterocycles. The van der Waals surface area contributed by atoms with E-state index in [1.54, 1.807) is 6.07 Å². The standard InChI is InChI=1S/C20H22F3NO3S2/c1-4-13(2)28-16-9-10-18(17(11-16)20(21,22)23)24-19(25)15-7-5-14(6-8-15)12-29(3,26)27/h5-11,13H,4,12H2,1-3H3,(H,24,25). The van der Waals surface area contributed by atoms with Crippen molar-refractivity contribution in [3.05, 3.63) is 59.2 Å². The molecular formula is C20H22F3NO3S2. The first-order chi connectivity index (χ1) is 13.4. The predicted octanol–water partition coefficient (Wildman–Crippen LogP) is 5.39. The van der Waals surface area contributed by atoms with Crippen molar-refractivity contribution in [2.45, 2.75) is 42.3 Å². The smallest absolute Gasteiger partial charge is 0.321 e.